The van der Waals surface area contributed by atoms with E-state index in [-0.39, 0.29) is 17.9 Å². The zero-order valence-electron chi connectivity index (χ0n) is 19.0. The van der Waals surface area contributed by atoms with Crippen LogP contribution in [0.5, 0.6) is 5.75 Å². The van der Waals surface area contributed by atoms with E-state index in [9.17, 15) is 9.59 Å². The maximum Gasteiger partial charge on any atom is 0.263 e. The number of anilines is 1. The third-order valence-electron chi connectivity index (χ3n) is 6.23. The van der Waals surface area contributed by atoms with Gasteiger partial charge in [0.15, 0.2) is 6.10 Å². The van der Waals surface area contributed by atoms with Gasteiger partial charge < -0.3 is 19.4 Å². The van der Waals surface area contributed by atoms with Gasteiger partial charge in [-0.3, -0.25) is 9.59 Å². The van der Waals surface area contributed by atoms with Gasteiger partial charge in [-0.2, -0.15) is 0 Å². The number of piperazine rings is 1. The molecule has 8 heteroatoms. The minimum Gasteiger partial charge on any atom is -0.481 e. The molecule has 2 aliphatic heterocycles. The predicted octanol–water partition coefficient (Wildman–Crippen LogP) is 2.20. The van der Waals surface area contributed by atoms with Crippen molar-refractivity contribution >= 4 is 17.8 Å². The molecule has 1 aromatic carbocycles. The van der Waals surface area contributed by atoms with Crippen molar-refractivity contribution in [2.75, 3.05) is 37.6 Å². The van der Waals surface area contributed by atoms with Crippen LogP contribution in [0.25, 0.3) is 0 Å². The van der Waals surface area contributed by atoms with Crippen LogP contribution >= 0.6 is 0 Å². The number of ether oxygens (including phenoxy) is 1. The van der Waals surface area contributed by atoms with Gasteiger partial charge in [0.05, 0.1) is 0 Å². The Labute approximate surface area is 189 Å². The Morgan fingerprint density at radius 3 is 2.41 bits per heavy atom. The molecule has 0 saturated carbocycles. The standard InChI is InChI=1S/C24H31N5O3/c1-17-7-8-21(18(2)16-17)32-19(3)22(30)27-12-14-28(15-13-27)23(31)20-6-4-11-29(20)24-25-9-5-10-26-24/h5,7-10,16,19-20H,4,6,11-15H2,1-3H3. The summed E-state index contributed by atoms with van der Waals surface area (Å²) in [4.78, 5) is 40.4. The Morgan fingerprint density at radius 1 is 1.03 bits per heavy atom. The summed E-state index contributed by atoms with van der Waals surface area (Å²) in [5, 5.41) is 0. The molecule has 8 nitrogen and oxygen atoms in total. The summed E-state index contributed by atoms with van der Waals surface area (Å²) in [5.74, 6) is 1.39. The van der Waals surface area contributed by atoms with E-state index in [1.807, 2.05) is 41.8 Å². The van der Waals surface area contributed by atoms with Crippen LogP contribution in [-0.4, -0.2) is 76.5 Å². The molecular formula is C24H31N5O3. The number of rotatable bonds is 5. The summed E-state index contributed by atoms with van der Waals surface area (Å²) in [6, 6.07) is 7.48. The van der Waals surface area contributed by atoms with Crippen LogP contribution in [0.15, 0.2) is 36.7 Å². The first-order valence-corrected chi connectivity index (χ1v) is 11.3. The van der Waals surface area contributed by atoms with Crippen molar-refractivity contribution in [2.45, 2.75) is 45.8 Å². The number of nitrogens with zero attached hydrogens (tertiary/aromatic N) is 5. The van der Waals surface area contributed by atoms with Gasteiger partial charge in [-0.25, -0.2) is 9.97 Å². The number of aromatic nitrogens is 2. The Morgan fingerprint density at radius 2 is 1.72 bits per heavy atom. The molecule has 0 bridgehead atoms. The fourth-order valence-corrected chi connectivity index (χ4v) is 4.49. The minimum atomic E-state index is -0.570. The number of carbonyl (C=O) groups excluding carboxylic acids is 2. The van der Waals surface area contributed by atoms with Crippen molar-refractivity contribution in [3.63, 3.8) is 0 Å². The van der Waals surface area contributed by atoms with Crippen molar-refractivity contribution in [3.05, 3.63) is 47.8 Å². The Hall–Kier alpha value is -3.16. The summed E-state index contributed by atoms with van der Waals surface area (Å²) >= 11 is 0. The highest BCUT2D eigenvalue weighted by molar-refractivity contribution is 5.86. The second-order valence-corrected chi connectivity index (χ2v) is 8.58. The van der Waals surface area contributed by atoms with Gasteiger partial charge in [-0.15, -0.1) is 0 Å². The van der Waals surface area contributed by atoms with Gasteiger partial charge in [-0.05, 0) is 51.3 Å². The first-order valence-electron chi connectivity index (χ1n) is 11.3. The molecule has 2 atom stereocenters. The van der Waals surface area contributed by atoms with Gasteiger partial charge in [0.25, 0.3) is 5.91 Å². The molecule has 0 N–H and O–H groups in total. The van der Waals surface area contributed by atoms with Crippen LogP contribution in [0.1, 0.15) is 30.9 Å². The van der Waals surface area contributed by atoms with Crippen LogP contribution in [0.2, 0.25) is 0 Å². The number of hydrogen-bond acceptors (Lipinski definition) is 6. The van der Waals surface area contributed by atoms with Crippen LogP contribution in [0.4, 0.5) is 5.95 Å². The molecule has 1 aromatic heterocycles. The Kier molecular flexibility index (Phi) is 6.58. The first-order chi connectivity index (χ1) is 15.4. The predicted molar refractivity (Wildman–Crippen MR) is 122 cm³/mol. The maximum absolute atomic E-state index is 13.2. The summed E-state index contributed by atoms with van der Waals surface area (Å²) in [7, 11) is 0. The van der Waals surface area contributed by atoms with Gasteiger partial charge in [-0.1, -0.05) is 17.7 Å². The average Bonchev–Trinajstić information content (AvgIpc) is 3.30. The van der Waals surface area contributed by atoms with Gasteiger partial charge in [0.2, 0.25) is 11.9 Å². The fraction of sp³-hybridized carbons (Fsp3) is 0.500. The lowest BCUT2D eigenvalue weighted by Crippen LogP contribution is -2.56. The molecule has 2 fully saturated rings. The maximum atomic E-state index is 13.2. The van der Waals surface area contributed by atoms with E-state index < -0.39 is 6.10 Å². The smallest absolute Gasteiger partial charge is 0.263 e. The van der Waals surface area contributed by atoms with E-state index in [1.165, 1.54) is 0 Å². The van der Waals surface area contributed by atoms with Crippen molar-refractivity contribution in [1.82, 2.24) is 19.8 Å². The van der Waals surface area contributed by atoms with Crippen LogP contribution in [0, 0.1) is 13.8 Å². The van der Waals surface area contributed by atoms with Crippen molar-refractivity contribution in [2.24, 2.45) is 0 Å². The van der Waals surface area contributed by atoms with E-state index in [0.717, 1.165) is 36.3 Å². The highest BCUT2D eigenvalue weighted by Gasteiger charge is 2.37. The summed E-state index contributed by atoms with van der Waals surface area (Å²) in [5.41, 5.74) is 2.18. The number of carbonyl (C=O) groups is 2. The molecule has 0 aliphatic carbocycles. The minimum absolute atomic E-state index is 0.0442. The van der Waals surface area contributed by atoms with Crippen molar-refractivity contribution in [1.29, 1.82) is 0 Å². The number of hydrogen-bond donors (Lipinski definition) is 0. The lowest BCUT2D eigenvalue weighted by atomic mass is 10.1. The van der Waals surface area contributed by atoms with E-state index in [1.54, 1.807) is 30.3 Å². The van der Waals surface area contributed by atoms with E-state index >= 15 is 0 Å². The van der Waals surface area contributed by atoms with Gasteiger partial charge in [0, 0.05) is 45.1 Å². The molecule has 170 valence electrons. The average molecular weight is 438 g/mol. The second-order valence-electron chi connectivity index (χ2n) is 8.58. The molecule has 2 aromatic rings. The van der Waals surface area contributed by atoms with E-state index in [2.05, 4.69) is 9.97 Å². The summed E-state index contributed by atoms with van der Waals surface area (Å²) in [6.07, 6.45) is 4.58. The number of aryl methyl sites for hydroxylation is 2. The van der Waals surface area contributed by atoms with Crippen LogP contribution in [0.3, 0.4) is 0 Å². The molecule has 0 spiro atoms. The molecule has 3 heterocycles. The largest absolute Gasteiger partial charge is 0.481 e. The topological polar surface area (TPSA) is 78.9 Å². The summed E-state index contributed by atoms with van der Waals surface area (Å²) < 4.78 is 5.94. The molecule has 2 unspecified atom stereocenters. The zero-order valence-corrected chi connectivity index (χ0v) is 19.0. The van der Waals surface area contributed by atoms with Gasteiger partial charge in [0.1, 0.15) is 11.8 Å². The molecule has 32 heavy (non-hydrogen) atoms. The highest BCUT2D eigenvalue weighted by atomic mass is 16.5. The Bertz CT molecular complexity index is 959. The molecule has 4 rings (SSSR count). The SMILES string of the molecule is Cc1ccc(OC(C)C(=O)N2CCN(C(=O)C3CCCN3c3ncccn3)CC2)c(C)c1. The van der Waals surface area contributed by atoms with E-state index in [0.29, 0.717) is 32.1 Å². The van der Waals surface area contributed by atoms with Gasteiger partial charge >= 0.3 is 0 Å². The second kappa shape index (κ2) is 9.54. The molecule has 2 saturated heterocycles. The fourth-order valence-electron chi connectivity index (χ4n) is 4.49. The van der Waals surface area contributed by atoms with Crippen molar-refractivity contribution in [3.8, 4) is 5.75 Å². The lowest BCUT2D eigenvalue weighted by molar-refractivity contribution is -0.144. The highest BCUT2D eigenvalue weighted by Crippen LogP contribution is 2.24. The van der Waals surface area contributed by atoms with E-state index in [4.69, 9.17) is 4.74 Å². The third kappa shape index (κ3) is 4.69. The molecule has 2 amide bonds. The Balaban J connectivity index is 1.32. The first kappa shape index (κ1) is 22.0. The number of amides is 2. The monoisotopic (exact) mass is 437 g/mol. The zero-order chi connectivity index (χ0) is 22.7. The van der Waals surface area contributed by atoms with Crippen LogP contribution < -0.4 is 9.64 Å². The number of benzene rings is 1. The third-order valence-corrected chi connectivity index (χ3v) is 6.23. The normalized spacial score (nSPS) is 19.7. The van der Waals surface area contributed by atoms with Crippen molar-refractivity contribution < 1.29 is 14.3 Å². The lowest BCUT2D eigenvalue weighted by Gasteiger charge is -2.38. The molecule has 2 aliphatic rings. The summed E-state index contributed by atoms with van der Waals surface area (Å²) in [6.45, 7) is 8.67. The van der Waals surface area contributed by atoms with Crippen LogP contribution in [-0.2, 0) is 9.59 Å². The molecular weight excluding hydrogens is 406 g/mol. The quantitative estimate of drug-likeness (QED) is 0.714. The molecule has 0 radical (unpaired) electrons.